The number of carbonyl (C=O) groups excluding carboxylic acids is 1. The summed E-state index contributed by atoms with van der Waals surface area (Å²) in [6, 6.07) is 32.5. The van der Waals surface area contributed by atoms with Crippen LogP contribution in [0.25, 0.3) is 0 Å². The van der Waals surface area contributed by atoms with Crippen LogP contribution in [-0.4, -0.2) is 54.4 Å². The minimum absolute atomic E-state index is 0.0897. The van der Waals surface area contributed by atoms with E-state index in [0.29, 0.717) is 32.0 Å². The van der Waals surface area contributed by atoms with Crippen LogP contribution in [0, 0.1) is 0 Å². The van der Waals surface area contributed by atoms with E-state index >= 15 is 0 Å². The van der Waals surface area contributed by atoms with Crippen LogP contribution in [0.2, 0.25) is 0 Å². The Morgan fingerprint density at radius 1 is 0.692 bits per heavy atom. The van der Waals surface area contributed by atoms with Gasteiger partial charge in [0.25, 0.3) is 5.91 Å². The summed E-state index contributed by atoms with van der Waals surface area (Å²) in [4.78, 5) is 19.8. The molecule has 0 unspecified atom stereocenters. The fourth-order valence-corrected chi connectivity index (χ4v) is 4.46. The Morgan fingerprint density at radius 3 is 1.87 bits per heavy atom. The van der Waals surface area contributed by atoms with Gasteiger partial charge in [0.1, 0.15) is 11.5 Å². The minimum atomic E-state index is -0.0897. The van der Waals surface area contributed by atoms with Gasteiger partial charge in [-0.3, -0.25) is 9.69 Å². The summed E-state index contributed by atoms with van der Waals surface area (Å²) in [5, 5.41) is 0. The van der Waals surface area contributed by atoms with Gasteiger partial charge in [0.05, 0.1) is 13.2 Å². The first-order chi connectivity index (χ1) is 19.0. The highest BCUT2D eigenvalue weighted by molar-refractivity contribution is 5.91. The third-order valence-electron chi connectivity index (χ3n) is 6.46. The van der Waals surface area contributed by atoms with E-state index in [2.05, 4.69) is 46.2 Å². The number of hydrogen-bond donors (Lipinski definition) is 0. The number of hydrogen-bond acceptors (Lipinski definition) is 5. The largest absolute Gasteiger partial charge is 0.494 e. The molecule has 0 spiro atoms. The molecule has 1 amide bonds. The van der Waals surface area contributed by atoms with Gasteiger partial charge in [0.2, 0.25) is 0 Å². The summed E-state index contributed by atoms with van der Waals surface area (Å²) in [5.41, 5.74) is 3.51. The SMILES string of the molecule is CCOc1ccc(CN(Cc2ccccc2)Cc2ccc(C(=O)N(CCN(C)C)Cc3ccccc3)o2)cc1. The summed E-state index contributed by atoms with van der Waals surface area (Å²) in [6.45, 7) is 6.67. The van der Waals surface area contributed by atoms with E-state index in [-0.39, 0.29) is 5.91 Å². The van der Waals surface area contributed by atoms with Crippen LogP contribution < -0.4 is 4.74 Å². The molecule has 0 saturated heterocycles. The lowest BCUT2D eigenvalue weighted by molar-refractivity contribution is 0.0695. The third-order valence-corrected chi connectivity index (χ3v) is 6.46. The number of carbonyl (C=O) groups is 1. The monoisotopic (exact) mass is 525 g/mol. The van der Waals surface area contributed by atoms with Crippen LogP contribution in [0.1, 0.15) is 39.9 Å². The zero-order chi connectivity index (χ0) is 27.5. The summed E-state index contributed by atoms with van der Waals surface area (Å²) in [7, 11) is 4.03. The normalized spacial score (nSPS) is 11.2. The Kier molecular flexibility index (Phi) is 10.3. The van der Waals surface area contributed by atoms with Crippen molar-refractivity contribution in [3.63, 3.8) is 0 Å². The van der Waals surface area contributed by atoms with E-state index in [0.717, 1.165) is 36.7 Å². The van der Waals surface area contributed by atoms with Crippen LogP contribution in [0.4, 0.5) is 0 Å². The number of ether oxygens (including phenoxy) is 1. The molecular weight excluding hydrogens is 486 g/mol. The molecule has 0 fully saturated rings. The first kappa shape index (κ1) is 28.1. The standard InChI is InChI=1S/C33H39N3O3/c1-4-38-30-17-15-29(16-18-30)24-35(23-27-11-7-5-8-12-27)26-31-19-20-32(39-31)33(37)36(22-21-34(2)3)25-28-13-9-6-10-14-28/h5-20H,4,21-26H2,1-3H3. The molecule has 204 valence electrons. The van der Waals surface area contributed by atoms with Crippen molar-refractivity contribution in [3.8, 4) is 5.75 Å². The van der Waals surface area contributed by atoms with Gasteiger partial charge in [-0.1, -0.05) is 72.8 Å². The molecule has 0 aliphatic heterocycles. The first-order valence-electron chi connectivity index (χ1n) is 13.5. The summed E-state index contributed by atoms with van der Waals surface area (Å²) in [5.74, 6) is 1.93. The number of furan rings is 1. The van der Waals surface area contributed by atoms with Gasteiger partial charge in [-0.05, 0) is 62.0 Å². The second kappa shape index (κ2) is 14.3. The van der Waals surface area contributed by atoms with Gasteiger partial charge in [-0.2, -0.15) is 0 Å². The van der Waals surface area contributed by atoms with Gasteiger partial charge < -0.3 is 19.0 Å². The Labute approximate surface area is 232 Å². The average Bonchev–Trinajstić information content (AvgIpc) is 3.41. The summed E-state index contributed by atoms with van der Waals surface area (Å²) in [6.07, 6.45) is 0. The molecule has 0 aliphatic rings. The Hall–Kier alpha value is -3.87. The predicted octanol–water partition coefficient (Wildman–Crippen LogP) is 6.08. The second-order valence-corrected chi connectivity index (χ2v) is 9.99. The highest BCUT2D eigenvalue weighted by Gasteiger charge is 2.21. The van der Waals surface area contributed by atoms with Crippen LogP contribution in [0.5, 0.6) is 5.75 Å². The second-order valence-electron chi connectivity index (χ2n) is 9.99. The molecule has 4 rings (SSSR count). The first-order valence-corrected chi connectivity index (χ1v) is 13.5. The molecule has 0 N–H and O–H groups in total. The molecule has 0 aliphatic carbocycles. The average molecular weight is 526 g/mol. The van der Waals surface area contributed by atoms with Gasteiger partial charge >= 0.3 is 0 Å². The Morgan fingerprint density at radius 2 is 1.28 bits per heavy atom. The van der Waals surface area contributed by atoms with Crippen molar-refractivity contribution in [2.24, 2.45) is 0 Å². The van der Waals surface area contributed by atoms with Crippen LogP contribution in [0.15, 0.2) is 101 Å². The highest BCUT2D eigenvalue weighted by Crippen LogP contribution is 2.20. The molecule has 4 aromatic rings. The van der Waals surface area contributed by atoms with Crippen molar-refractivity contribution >= 4 is 5.91 Å². The van der Waals surface area contributed by atoms with Crippen molar-refractivity contribution < 1.29 is 13.9 Å². The van der Waals surface area contributed by atoms with E-state index in [1.165, 1.54) is 11.1 Å². The molecule has 1 heterocycles. The van der Waals surface area contributed by atoms with E-state index in [1.807, 2.05) is 86.6 Å². The van der Waals surface area contributed by atoms with Crippen molar-refractivity contribution in [3.05, 3.63) is 125 Å². The van der Waals surface area contributed by atoms with Gasteiger partial charge in [-0.15, -0.1) is 0 Å². The van der Waals surface area contributed by atoms with Crippen molar-refractivity contribution in [2.45, 2.75) is 33.1 Å². The molecule has 39 heavy (non-hydrogen) atoms. The fourth-order valence-electron chi connectivity index (χ4n) is 4.46. The highest BCUT2D eigenvalue weighted by atomic mass is 16.5. The summed E-state index contributed by atoms with van der Waals surface area (Å²) < 4.78 is 11.8. The molecule has 0 bridgehead atoms. The van der Waals surface area contributed by atoms with Gasteiger partial charge in [0, 0.05) is 32.7 Å². The van der Waals surface area contributed by atoms with Crippen molar-refractivity contribution in [2.75, 3.05) is 33.8 Å². The zero-order valence-electron chi connectivity index (χ0n) is 23.3. The Bertz CT molecular complexity index is 1270. The van der Waals surface area contributed by atoms with Crippen molar-refractivity contribution in [1.29, 1.82) is 0 Å². The molecule has 6 heteroatoms. The van der Waals surface area contributed by atoms with E-state index < -0.39 is 0 Å². The van der Waals surface area contributed by atoms with Crippen LogP contribution >= 0.6 is 0 Å². The molecular formula is C33H39N3O3. The fraction of sp³-hybridized carbons (Fsp3) is 0.303. The molecule has 1 aromatic heterocycles. The third kappa shape index (κ3) is 8.84. The Balaban J connectivity index is 1.48. The quantitative estimate of drug-likeness (QED) is 0.200. The van der Waals surface area contributed by atoms with Crippen molar-refractivity contribution in [1.82, 2.24) is 14.7 Å². The topological polar surface area (TPSA) is 49.2 Å². The molecule has 0 radical (unpaired) electrons. The predicted molar refractivity (Wildman–Crippen MR) is 155 cm³/mol. The number of likely N-dealkylation sites (N-methyl/N-ethyl adjacent to an activating group) is 1. The lowest BCUT2D eigenvalue weighted by Gasteiger charge is -2.24. The zero-order valence-corrected chi connectivity index (χ0v) is 23.3. The maximum Gasteiger partial charge on any atom is 0.289 e. The van der Waals surface area contributed by atoms with Crippen LogP contribution in [-0.2, 0) is 26.2 Å². The lowest BCUT2D eigenvalue weighted by Crippen LogP contribution is -2.36. The van der Waals surface area contributed by atoms with E-state index in [9.17, 15) is 4.79 Å². The van der Waals surface area contributed by atoms with E-state index in [4.69, 9.17) is 9.15 Å². The molecule has 6 nitrogen and oxygen atoms in total. The van der Waals surface area contributed by atoms with Gasteiger partial charge in [0.15, 0.2) is 5.76 Å². The summed E-state index contributed by atoms with van der Waals surface area (Å²) >= 11 is 0. The van der Waals surface area contributed by atoms with Crippen LogP contribution in [0.3, 0.4) is 0 Å². The maximum atomic E-state index is 13.5. The smallest absolute Gasteiger partial charge is 0.289 e. The molecule has 0 saturated carbocycles. The molecule has 0 atom stereocenters. The molecule has 3 aromatic carbocycles. The van der Waals surface area contributed by atoms with E-state index in [1.54, 1.807) is 0 Å². The van der Waals surface area contributed by atoms with Gasteiger partial charge in [-0.25, -0.2) is 0 Å². The number of rotatable bonds is 14. The lowest BCUT2D eigenvalue weighted by atomic mass is 10.1. The maximum absolute atomic E-state index is 13.5. The number of benzene rings is 3. The minimum Gasteiger partial charge on any atom is -0.494 e. The number of nitrogens with zero attached hydrogens (tertiary/aromatic N) is 3. The number of amides is 1.